The fourth-order valence-electron chi connectivity index (χ4n) is 4.45. The van der Waals surface area contributed by atoms with Crippen LogP contribution in [0.5, 0.6) is 0 Å². The number of carbonyl (C=O) groups is 2. The SMILES string of the molecule is CC(=O)N1CCN(C(=O)CN2CCCC2c2cccc3ccccc23)CC1. The van der Waals surface area contributed by atoms with Gasteiger partial charge in [-0.05, 0) is 35.7 Å². The third kappa shape index (κ3) is 3.69. The Morgan fingerprint density at radius 1 is 0.926 bits per heavy atom. The van der Waals surface area contributed by atoms with E-state index in [1.807, 2.05) is 9.80 Å². The van der Waals surface area contributed by atoms with E-state index >= 15 is 0 Å². The van der Waals surface area contributed by atoms with Crippen LogP contribution in [-0.2, 0) is 9.59 Å². The van der Waals surface area contributed by atoms with Gasteiger partial charge in [0.05, 0.1) is 6.54 Å². The van der Waals surface area contributed by atoms with E-state index in [2.05, 4.69) is 47.4 Å². The molecule has 2 aromatic carbocycles. The van der Waals surface area contributed by atoms with Crippen molar-refractivity contribution < 1.29 is 9.59 Å². The molecule has 142 valence electrons. The summed E-state index contributed by atoms with van der Waals surface area (Å²) in [5, 5.41) is 2.55. The van der Waals surface area contributed by atoms with Crippen molar-refractivity contribution in [3.63, 3.8) is 0 Å². The molecular weight excluding hydrogens is 338 g/mol. The lowest BCUT2D eigenvalue weighted by molar-refractivity contribution is -0.139. The first-order valence-electron chi connectivity index (χ1n) is 9.88. The van der Waals surface area contributed by atoms with Crippen LogP contribution in [0.4, 0.5) is 0 Å². The van der Waals surface area contributed by atoms with Crippen molar-refractivity contribution in [1.29, 1.82) is 0 Å². The van der Waals surface area contributed by atoms with Gasteiger partial charge in [0.1, 0.15) is 0 Å². The molecule has 0 bridgehead atoms. The van der Waals surface area contributed by atoms with Crippen molar-refractivity contribution in [3.05, 3.63) is 48.0 Å². The Balaban J connectivity index is 1.46. The lowest BCUT2D eigenvalue weighted by atomic mass is 9.97. The summed E-state index contributed by atoms with van der Waals surface area (Å²) in [4.78, 5) is 30.4. The zero-order valence-corrected chi connectivity index (χ0v) is 15.9. The summed E-state index contributed by atoms with van der Waals surface area (Å²) >= 11 is 0. The van der Waals surface area contributed by atoms with E-state index in [1.165, 1.54) is 16.3 Å². The summed E-state index contributed by atoms with van der Waals surface area (Å²) < 4.78 is 0. The van der Waals surface area contributed by atoms with Gasteiger partial charge in [0.15, 0.2) is 0 Å². The van der Waals surface area contributed by atoms with Gasteiger partial charge in [-0.3, -0.25) is 14.5 Å². The van der Waals surface area contributed by atoms with Crippen LogP contribution in [0.1, 0.15) is 31.4 Å². The van der Waals surface area contributed by atoms with Crippen LogP contribution in [0.2, 0.25) is 0 Å². The predicted octanol–water partition coefficient (Wildman–Crippen LogP) is 2.67. The summed E-state index contributed by atoms with van der Waals surface area (Å²) in [6.07, 6.45) is 2.22. The number of nitrogens with zero attached hydrogens (tertiary/aromatic N) is 3. The van der Waals surface area contributed by atoms with Crippen LogP contribution in [0.25, 0.3) is 10.8 Å². The molecule has 2 aromatic rings. The quantitative estimate of drug-likeness (QED) is 0.840. The molecule has 0 radical (unpaired) electrons. The zero-order valence-electron chi connectivity index (χ0n) is 15.9. The maximum absolute atomic E-state index is 12.9. The first-order chi connectivity index (χ1) is 13.1. The van der Waals surface area contributed by atoms with Gasteiger partial charge >= 0.3 is 0 Å². The van der Waals surface area contributed by atoms with Gasteiger partial charge in [0.2, 0.25) is 11.8 Å². The number of carbonyl (C=O) groups excluding carboxylic acids is 2. The van der Waals surface area contributed by atoms with E-state index in [0.717, 1.165) is 19.4 Å². The van der Waals surface area contributed by atoms with Crippen LogP contribution in [0, 0.1) is 0 Å². The fourth-order valence-corrected chi connectivity index (χ4v) is 4.45. The monoisotopic (exact) mass is 365 g/mol. The van der Waals surface area contributed by atoms with Crippen LogP contribution >= 0.6 is 0 Å². The Labute approximate surface area is 160 Å². The first-order valence-corrected chi connectivity index (χ1v) is 9.88. The summed E-state index contributed by atoms with van der Waals surface area (Å²) in [7, 11) is 0. The number of rotatable bonds is 3. The van der Waals surface area contributed by atoms with Crippen molar-refractivity contribution in [2.75, 3.05) is 39.3 Å². The molecule has 5 nitrogen and oxygen atoms in total. The molecule has 2 aliphatic rings. The predicted molar refractivity (Wildman–Crippen MR) is 106 cm³/mol. The molecule has 27 heavy (non-hydrogen) atoms. The molecule has 1 unspecified atom stereocenters. The highest BCUT2D eigenvalue weighted by Crippen LogP contribution is 2.35. The minimum atomic E-state index is 0.0951. The Morgan fingerprint density at radius 2 is 1.63 bits per heavy atom. The average Bonchev–Trinajstić information content (AvgIpc) is 3.15. The Morgan fingerprint density at radius 3 is 2.41 bits per heavy atom. The van der Waals surface area contributed by atoms with E-state index in [1.54, 1.807) is 6.92 Å². The number of fused-ring (bicyclic) bond motifs is 1. The summed E-state index contributed by atoms with van der Waals surface area (Å²) in [5.74, 6) is 0.281. The van der Waals surface area contributed by atoms with Crippen molar-refractivity contribution in [3.8, 4) is 0 Å². The van der Waals surface area contributed by atoms with Gasteiger partial charge in [-0.2, -0.15) is 0 Å². The summed E-state index contributed by atoms with van der Waals surface area (Å²) in [6.45, 7) is 5.61. The first kappa shape index (κ1) is 18.0. The molecule has 0 saturated carbocycles. The highest BCUT2D eigenvalue weighted by molar-refractivity contribution is 5.86. The highest BCUT2D eigenvalue weighted by atomic mass is 16.2. The van der Waals surface area contributed by atoms with Gasteiger partial charge in [0, 0.05) is 39.1 Å². The maximum Gasteiger partial charge on any atom is 0.236 e. The van der Waals surface area contributed by atoms with Crippen molar-refractivity contribution in [2.45, 2.75) is 25.8 Å². The summed E-state index contributed by atoms with van der Waals surface area (Å²) in [6, 6.07) is 15.3. The van der Waals surface area contributed by atoms with E-state index in [-0.39, 0.29) is 11.8 Å². The van der Waals surface area contributed by atoms with E-state index in [9.17, 15) is 9.59 Å². The topological polar surface area (TPSA) is 43.9 Å². The lowest BCUT2D eigenvalue weighted by Crippen LogP contribution is -2.52. The van der Waals surface area contributed by atoms with Gasteiger partial charge in [-0.15, -0.1) is 0 Å². The second kappa shape index (κ2) is 7.69. The Bertz CT molecular complexity index is 837. The molecule has 0 aromatic heterocycles. The van der Waals surface area contributed by atoms with Crippen molar-refractivity contribution in [2.24, 2.45) is 0 Å². The van der Waals surface area contributed by atoms with Crippen LogP contribution < -0.4 is 0 Å². The fraction of sp³-hybridized carbons (Fsp3) is 0.455. The molecule has 2 saturated heterocycles. The lowest BCUT2D eigenvalue weighted by Gasteiger charge is -2.35. The second-order valence-corrected chi connectivity index (χ2v) is 7.58. The van der Waals surface area contributed by atoms with Gasteiger partial charge in [-0.25, -0.2) is 0 Å². The standard InChI is InChI=1S/C22H27N3O2/c1-17(26)23-12-14-24(15-13-23)22(27)16-25-11-5-10-21(25)20-9-4-7-18-6-2-3-8-19(18)20/h2-4,6-9,21H,5,10-16H2,1H3. The number of piperazine rings is 1. The minimum absolute atomic E-state index is 0.0951. The van der Waals surface area contributed by atoms with E-state index in [0.29, 0.717) is 38.8 Å². The number of hydrogen-bond donors (Lipinski definition) is 0. The molecule has 2 amide bonds. The molecule has 4 rings (SSSR count). The van der Waals surface area contributed by atoms with E-state index < -0.39 is 0 Å². The largest absolute Gasteiger partial charge is 0.339 e. The average molecular weight is 365 g/mol. The second-order valence-electron chi connectivity index (χ2n) is 7.58. The van der Waals surface area contributed by atoms with Crippen LogP contribution in [-0.4, -0.2) is 65.8 Å². The third-order valence-corrected chi connectivity index (χ3v) is 5.96. The smallest absolute Gasteiger partial charge is 0.236 e. The molecule has 2 fully saturated rings. The van der Waals surface area contributed by atoms with Gasteiger partial charge in [0.25, 0.3) is 0 Å². The molecule has 0 spiro atoms. The molecule has 5 heteroatoms. The molecule has 1 atom stereocenters. The van der Waals surface area contributed by atoms with Crippen molar-refractivity contribution in [1.82, 2.24) is 14.7 Å². The van der Waals surface area contributed by atoms with Gasteiger partial charge in [-0.1, -0.05) is 42.5 Å². The molecule has 2 heterocycles. The number of likely N-dealkylation sites (tertiary alicyclic amines) is 1. The minimum Gasteiger partial charge on any atom is -0.339 e. The van der Waals surface area contributed by atoms with E-state index in [4.69, 9.17) is 0 Å². The zero-order chi connectivity index (χ0) is 18.8. The number of amides is 2. The molecule has 0 N–H and O–H groups in total. The molecular formula is C22H27N3O2. The number of hydrogen-bond acceptors (Lipinski definition) is 3. The highest BCUT2D eigenvalue weighted by Gasteiger charge is 2.31. The maximum atomic E-state index is 12.9. The molecule has 2 aliphatic heterocycles. The normalized spacial score (nSPS) is 21.0. The third-order valence-electron chi connectivity index (χ3n) is 5.96. The van der Waals surface area contributed by atoms with Crippen LogP contribution in [0.3, 0.4) is 0 Å². The Kier molecular flexibility index (Phi) is 5.12. The number of benzene rings is 2. The molecule has 0 aliphatic carbocycles. The van der Waals surface area contributed by atoms with Crippen LogP contribution in [0.15, 0.2) is 42.5 Å². The summed E-state index contributed by atoms with van der Waals surface area (Å²) in [5.41, 5.74) is 1.33. The van der Waals surface area contributed by atoms with Crippen molar-refractivity contribution >= 4 is 22.6 Å². The van der Waals surface area contributed by atoms with Gasteiger partial charge < -0.3 is 9.80 Å². The Hall–Kier alpha value is -2.40.